The number of carbonyl (C=O) groups excluding carboxylic acids is 2. The van der Waals surface area contributed by atoms with E-state index in [1.54, 1.807) is 6.07 Å². The molecule has 5 heteroatoms. The maximum Gasteiger partial charge on any atom is 0.251 e. The second-order valence-corrected chi connectivity index (χ2v) is 7.44. The van der Waals surface area contributed by atoms with E-state index in [1.165, 1.54) is 12.8 Å². The minimum Gasteiger partial charge on any atom is -0.348 e. The van der Waals surface area contributed by atoms with E-state index in [0.29, 0.717) is 23.7 Å². The van der Waals surface area contributed by atoms with Gasteiger partial charge in [0.15, 0.2) is 0 Å². The van der Waals surface area contributed by atoms with Crippen LogP contribution in [0.5, 0.6) is 0 Å². The molecule has 3 rings (SSSR count). The number of anilines is 1. The van der Waals surface area contributed by atoms with Gasteiger partial charge >= 0.3 is 0 Å². The summed E-state index contributed by atoms with van der Waals surface area (Å²) in [6, 6.07) is 5.85. The molecule has 2 atom stereocenters. The second kappa shape index (κ2) is 6.73. The van der Waals surface area contributed by atoms with Crippen LogP contribution in [0.25, 0.3) is 0 Å². The molecule has 0 saturated heterocycles. The fourth-order valence-electron chi connectivity index (χ4n) is 3.28. The van der Waals surface area contributed by atoms with Crippen molar-refractivity contribution in [3.63, 3.8) is 0 Å². The summed E-state index contributed by atoms with van der Waals surface area (Å²) in [5, 5.41) is 6.59. The summed E-state index contributed by atoms with van der Waals surface area (Å²) in [4.78, 5) is 23.9. The minimum atomic E-state index is 0.00769. The van der Waals surface area contributed by atoms with Crippen molar-refractivity contribution in [3.8, 4) is 0 Å². The largest absolute Gasteiger partial charge is 0.348 e. The summed E-state index contributed by atoms with van der Waals surface area (Å²) >= 11 is 1.95. The highest BCUT2D eigenvalue weighted by Crippen LogP contribution is 2.30. The summed E-state index contributed by atoms with van der Waals surface area (Å²) in [7, 11) is 0. The van der Waals surface area contributed by atoms with Crippen molar-refractivity contribution in [2.45, 2.75) is 50.3 Å². The fourth-order valence-corrected chi connectivity index (χ4v) is 4.48. The van der Waals surface area contributed by atoms with Crippen LogP contribution in [-0.4, -0.2) is 28.9 Å². The highest BCUT2D eigenvalue weighted by Gasteiger charge is 2.28. The molecule has 22 heavy (non-hydrogen) atoms. The van der Waals surface area contributed by atoms with Crippen LogP contribution in [0.4, 0.5) is 5.69 Å². The number of carbonyl (C=O) groups is 2. The summed E-state index contributed by atoms with van der Waals surface area (Å²) in [5.41, 5.74) is 2.59. The Hall–Kier alpha value is -1.49. The zero-order valence-corrected chi connectivity index (χ0v) is 13.7. The van der Waals surface area contributed by atoms with Crippen molar-refractivity contribution in [2.24, 2.45) is 0 Å². The fraction of sp³-hybridized carbons (Fsp3) is 0.529. The quantitative estimate of drug-likeness (QED) is 0.897. The number of nitrogens with one attached hydrogen (secondary N) is 2. The van der Waals surface area contributed by atoms with Crippen molar-refractivity contribution < 1.29 is 9.59 Å². The normalized spacial score (nSPS) is 23.8. The average molecular weight is 318 g/mol. The smallest absolute Gasteiger partial charge is 0.251 e. The summed E-state index contributed by atoms with van der Waals surface area (Å²) in [5.74, 6) is 1.15. The predicted molar refractivity (Wildman–Crippen MR) is 90.4 cm³/mol. The van der Waals surface area contributed by atoms with Crippen LogP contribution in [0.3, 0.4) is 0 Å². The topological polar surface area (TPSA) is 58.2 Å². The Kier molecular flexibility index (Phi) is 4.71. The van der Waals surface area contributed by atoms with Gasteiger partial charge in [-0.2, -0.15) is 11.8 Å². The van der Waals surface area contributed by atoms with Gasteiger partial charge < -0.3 is 10.6 Å². The first-order valence-corrected chi connectivity index (χ1v) is 9.07. The van der Waals surface area contributed by atoms with E-state index in [-0.39, 0.29) is 17.9 Å². The van der Waals surface area contributed by atoms with Crippen LogP contribution in [0, 0.1) is 0 Å². The van der Waals surface area contributed by atoms with Crippen LogP contribution in [0.15, 0.2) is 18.2 Å². The molecule has 2 aliphatic rings. The van der Waals surface area contributed by atoms with E-state index in [4.69, 9.17) is 0 Å². The Bertz CT molecular complexity index is 588. The molecular weight excluding hydrogens is 296 g/mol. The van der Waals surface area contributed by atoms with Crippen molar-refractivity contribution in [2.75, 3.05) is 11.1 Å². The Morgan fingerprint density at radius 3 is 3.05 bits per heavy atom. The molecule has 2 N–H and O–H groups in total. The van der Waals surface area contributed by atoms with Crippen molar-refractivity contribution >= 4 is 29.3 Å². The van der Waals surface area contributed by atoms with Crippen molar-refractivity contribution in [1.82, 2.24) is 5.32 Å². The van der Waals surface area contributed by atoms with E-state index in [0.717, 1.165) is 23.4 Å². The lowest BCUT2D eigenvalue weighted by atomic mass is 10.00. The molecule has 118 valence electrons. The Morgan fingerprint density at radius 2 is 2.23 bits per heavy atom. The van der Waals surface area contributed by atoms with Gasteiger partial charge in [0, 0.05) is 29.0 Å². The summed E-state index contributed by atoms with van der Waals surface area (Å²) in [6.07, 6.45) is 4.67. The first kappa shape index (κ1) is 15.4. The first-order valence-electron chi connectivity index (χ1n) is 8.02. The molecule has 0 radical (unpaired) electrons. The number of thioether (sulfide) groups is 1. The van der Waals surface area contributed by atoms with Crippen LogP contribution in [0.2, 0.25) is 0 Å². The number of benzene rings is 1. The van der Waals surface area contributed by atoms with Crippen LogP contribution in [0.1, 0.15) is 48.5 Å². The van der Waals surface area contributed by atoms with Crippen LogP contribution < -0.4 is 10.6 Å². The Balaban J connectivity index is 1.69. The highest BCUT2D eigenvalue weighted by atomic mass is 32.2. The second-order valence-electron chi connectivity index (χ2n) is 5.92. The molecule has 1 fully saturated rings. The van der Waals surface area contributed by atoms with Gasteiger partial charge in [0.25, 0.3) is 5.91 Å². The van der Waals surface area contributed by atoms with Gasteiger partial charge in [0.05, 0.1) is 0 Å². The summed E-state index contributed by atoms with van der Waals surface area (Å²) in [6.45, 7) is 2.17. The van der Waals surface area contributed by atoms with Gasteiger partial charge in [0.2, 0.25) is 5.91 Å². The van der Waals surface area contributed by atoms with Gasteiger partial charge in [-0.25, -0.2) is 0 Å². The molecule has 0 bridgehead atoms. The van der Waals surface area contributed by atoms with Crippen molar-refractivity contribution in [3.05, 3.63) is 29.3 Å². The number of fused-ring (bicyclic) bond motifs is 1. The number of rotatable bonds is 4. The van der Waals surface area contributed by atoms with Crippen LogP contribution >= 0.6 is 11.8 Å². The number of hydrogen-bond donors (Lipinski definition) is 2. The SMILES string of the molecule is CCS[C@H]1CCC[C@@H]1NC(=O)c1ccc2c(c1)CCC(=O)N2. The predicted octanol–water partition coefficient (Wildman–Crippen LogP) is 2.98. The zero-order chi connectivity index (χ0) is 15.5. The molecule has 1 aliphatic heterocycles. The maximum absolute atomic E-state index is 12.5. The van der Waals surface area contributed by atoms with Crippen molar-refractivity contribution in [1.29, 1.82) is 0 Å². The third kappa shape index (κ3) is 3.29. The maximum atomic E-state index is 12.5. The van der Waals surface area contributed by atoms with Gasteiger partial charge in [-0.05, 0) is 48.8 Å². The molecule has 4 nitrogen and oxygen atoms in total. The zero-order valence-electron chi connectivity index (χ0n) is 12.9. The van der Waals surface area contributed by atoms with E-state index in [2.05, 4.69) is 17.6 Å². The molecule has 2 amide bonds. The van der Waals surface area contributed by atoms with E-state index < -0.39 is 0 Å². The van der Waals surface area contributed by atoms with Gasteiger partial charge in [-0.3, -0.25) is 9.59 Å². The standard InChI is InChI=1S/C17H22N2O2S/c1-2-22-15-5-3-4-14(15)19-17(21)12-6-8-13-11(10-12)7-9-16(20)18-13/h6,8,10,14-15H,2-5,7,9H2,1H3,(H,18,20)(H,19,21)/t14-,15-/m0/s1. The van der Waals surface area contributed by atoms with Gasteiger partial charge in [-0.1, -0.05) is 13.3 Å². The lowest BCUT2D eigenvalue weighted by molar-refractivity contribution is -0.116. The molecular formula is C17H22N2O2S. The average Bonchev–Trinajstić information content (AvgIpc) is 2.94. The molecule has 0 aromatic heterocycles. The lowest BCUT2D eigenvalue weighted by Gasteiger charge is -2.21. The lowest BCUT2D eigenvalue weighted by Crippen LogP contribution is -2.38. The molecule has 1 aromatic rings. The third-order valence-electron chi connectivity index (χ3n) is 4.41. The van der Waals surface area contributed by atoms with Gasteiger partial charge in [-0.15, -0.1) is 0 Å². The summed E-state index contributed by atoms with van der Waals surface area (Å²) < 4.78 is 0. The number of amides is 2. The monoisotopic (exact) mass is 318 g/mol. The van der Waals surface area contributed by atoms with Crippen LogP contribution in [-0.2, 0) is 11.2 Å². The third-order valence-corrected chi connectivity index (χ3v) is 5.74. The van der Waals surface area contributed by atoms with E-state index >= 15 is 0 Å². The highest BCUT2D eigenvalue weighted by molar-refractivity contribution is 7.99. The van der Waals surface area contributed by atoms with Gasteiger partial charge in [0.1, 0.15) is 0 Å². The van der Waals surface area contributed by atoms with E-state index in [9.17, 15) is 9.59 Å². The number of aryl methyl sites for hydroxylation is 1. The molecule has 1 aliphatic carbocycles. The molecule has 0 unspecified atom stereocenters. The Labute approximate surface area is 135 Å². The Morgan fingerprint density at radius 1 is 1.36 bits per heavy atom. The molecule has 1 aromatic carbocycles. The molecule has 1 saturated carbocycles. The molecule has 0 spiro atoms. The molecule has 1 heterocycles. The van der Waals surface area contributed by atoms with E-state index in [1.807, 2.05) is 23.9 Å². The number of hydrogen-bond acceptors (Lipinski definition) is 3. The first-order chi connectivity index (χ1) is 10.7. The minimum absolute atomic E-state index is 0.00769.